The normalized spacial score (nSPS) is 10.0. The number of rotatable bonds is 7. The van der Waals surface area contributed by atoms with E-state index in [-0.39, 0.29) is 17.5 Å². The minimum atomic E-state index is -0.317. The molecule has 2 N–H and O–H groups in total. The lowest BCUT2D eigenvalue weighted by Crippen LogP contribution is -2.28. The van der Waals surface area contributed by atoms with Crippen LogP contribution in [0, 0.1) is 0 Å². The summed E-state index contributed by atoms with van der Waals surface area (Å²) in [5, 5.41) is 6.12. The molecular weight excluding hydrogens is 326 g/mol. The Kier molecular flexibility index (Phi) is 6.51. The van der Waals surface area contributed by atoms with E-state index in [9.17, 15) is 9.59 Å². The molecule has 1 heterocycles. The van der Waals surface area contributed by atoms with Gasteiger partial charge in [0.15, 0.2) is 0 Å². The molecule has 2 aromatic rings. The van der Waals surface area contributed by atoms with Crippen LogP contribution in [0.3, 0.4) is 0 Å². The molecule has 1 aromatic heterocycles. The van der Waals surface area contributed by atoms with Crippen LogP contribution in [0.4, 0.5) is 0 Å². The Hall–Kier alpha value is -2.66. The number of hydrogen-bond donors (Lipinski definition) is 2. The fourth-order valence-electron chi connectivity index (χ4n) is 2.02. The van der Waals surface area contributed by atoms with Crippen molar-refractivity contribution >= 4 is 23.4 Å². The quantitative estimate of drug-likeness (QED) is 0.759. The van der Waals surface area contributed by atoms with Crippen LogP contribution in [0.5, 0.6) is 0 Å². The van der Waals surface area contributed by atoms with Gasteiger partial charge >= 0.3 is 0 Å². The standard InChI is InChI=1S/C18H18ClN3O2/c1-2-9-21-17(23)14-8-11-20-16(12-14)18(24)22-10-7-13-3-5-15(19)6-4-13/h2-6,8,11-12H,1,7,9-10H2,(H,21,23)(H,22,24). The topological polar surface area (TPSA) is 71.1 Å². The molecule has 1 aromatic carbocycles. The van der Waals surface area contributed by atoms with Crippen molar-refractivity contribution in [3.8, 4) is 0 Å². The van der Waals surface area contributed by atoms with Gasteiger partial charge in [0.2, 0.25) is 0 Å². The molecule has 2 amide bonds. The number of amides is 2. The van der Waals surface area contributed by atoms with E-state index < -0.39 is 0 Å². The molecule has 5 nitrogen and oxygen atoms in total. The van der Waals surface area contributed by atoms with Crippen molar-refractivity contribution in [2.24, 2.45) is 0 Å². The van der Waals surface area contributed by atoms with E-state index in [1.54, 1.807) is 12.1 Å². The number of halogens is 1. The lowest BCUT2D eigenvalue weighted by atomic mass is 10.1. The van der Waals surface area contributed by atoms with E-state index in [2.05, 4.69) is 22.2 Å². The fourth-order valence-corrected chi connectivity index (χ4v) is 2.15. The van der Waals surface area contributed by atoms with Gasteiger partial charge in [-0.3, -0.25) is 14.6 Å². The summed E-state index contributed by atoms with van der Waals surface area (Å²) >= 11 is 5.83. The zero-order chi connectivity index (χ0) is 17.4. The SMILES string of the molecule is C=CCNC(=O)c1ccnc(C(=O)NCCc2ccc(Cl)cc2)c1. The van der Waals surface area contributed by atoms with Crippen LogP contribution in [0.1, 0.15) is 26.4 Å². The molecule has 0 radical (unpaired) electrons. The third kappa shape index (κ3) is 5.21. The van der Waals surface area contributed by atoms with Crippen molar-refractivity contribution in [2.45, 2.75) is 6.42 Å². The van der Waals surface area contributed by atoms with Crippen molar-refractivity contribution in [3.05, 3.63) is 77.1 Å². The van der Waals surface area contributed by atoms with E-state index in [4.69, 9.17) is 11.6 Å². The molecule has 24 heavy (non-hydrogen) atoms. The number of nitrogens with one attached hydrogen (secondary N) is 2. The van der Waals surface area contributed by atoms with Crippen molar-refractivity contribution < 1.29 is 9.59 Å². The average Bonchev–Trinajstić information content (AvgIpc) is 2.61. The highest BCUT2D eigenvalue weighted by Crippen LogP contribution is 2.09. The Labute approximate surface area is 145 Å². The van der Waals surface area contributed by atoms with Crippen molar-refractivity contribution in [2.75, 3.05) is 13.1 Å². The second-order valence-corrected chi connectivity index (χ2v) is 5.50. The highest BCUT2D eigenvalue weighted by atomic mass is 35.5. The second-order valence-electron chi connectivity index (χ2n) is 5.06. The monoisotopic (exact) mass is 343 g/mol. The molecule has 0 saturated heterocycles. The molecule has 124 valence electrons. The lowest BCUT2D eigenvalue weighted by Gasteiger charge is -2.07. The lowest BCUT2D eigenvalue weighted by molar-refractivity contribution is 0.0949. The number of aromatic nitrogens is 1. The first-order valence-electron chi connectivity index (χ1n) is 7.48. The zero-order valence-corrected chi connectivity index (χ0v) is 13.8. The Morgan fingerprint density at radius 1 is 1.12 bits per heavy atom. The largest absolute Gasteiger partial charge is 0.350 e. The summed E-state index contributed by atoms with van der Waals surface area (Å²) in [6, 6.07) is 10.5. The third-order valence-electron chi connectivity index (χ3n) is 3.27. The van der Waals surface area contributed by atoms with Gasteiger partial charge < -0.3 is 10.6 Å². The number of carbonyl (C=O) groups excluding carboxylic acids is 2. The third-order valence-corrected chi connectivity index (χ3v) is 3.53. The summed E-state index contributed by atoms with van der Waals surface area (Å²) in [5.41, 5.74) is 1.66. The van der Waals surface area contributed by atoms with Crippen molar-refractivity contribution in [1.29, 1.82) is 0 Å². The highest BCUT2D eigenvalue weighted by Gasteiger charge is 2.11. The predicted molar refractivity (Wildman–Crippen MR) is 94.3 cm³/mol. The zero-order valence-electron chi connectivity index (χ0n) is 13.1. The Balaban J connectivity index is 1.91. The van der Waals surface area contributed by atoms with E-state index in [1.165, 1.54) is 12.3 Å². The van der Waals surface area contributed by atoms with Gasteiger partial charge in [-0.2, -0.15) is 0 Å². The van der Waals surface area contributed by atoms with Gasteiger partial charge in [-0.25, -0.2) is 0 Å². The summed E-state index contributed by atoms with van der Waals surface area (Å²) in [7, 11) is 0. The van der Waals surface area contributed by atoms with Crippen LogP contribution >= 0.6 is 11.6 Å². The summed E-state index contributed by atoms with van der Waals surface area (Å²) in [4.78, 5) is 28.0. The molecule has 2 rings (SSSR count). The van der Waals surface area contributed by atoms with Crippen LogP contribution in [-0.4, -0.2) is 29.9 Å². The number of benzene rings is 1. The van der Waals surface area contributed by atoms with Gasteiger partial charge in [-0.1, -0.05) is 29.8 Å². The van der Waals surface area contributed by atoms with Gasteiger partial charge in [-0.05, 0) is 36.2 Å². The molecule has 0 bridgehead atoms. The Morgan fingerprint density at radius 3 is 2.58 bits per heavy atom. The van der Waals surface area contributed by atoms with Crippen LogP contribution < -0.4 is 10.6 Å². The van der Waals surface area contributed by atoms with Crippen molar-refractivity contribution in [3.63, 3.8) is 0 Å². The first-order valence-corrected chi connectivity index (χ1v) is 7.85. The molecule has 0 aliphatic rings. The number of hydrogen-bond acceptors (Lipinski definition) is 3. The maximum absolute atomic E-state index is 12.1. The maximum Gasteiger partial charge on any atom is 0.269 e. The van der Waals surface area contributed by atoms with Crippen LogP contribution in [0.15, 0.2) is 55.3 Å². The maximum atomic E-state index is 12.1. The first kappa shape index (κ1) is 17.7. The molecule has 0 atom stereocenters. The molecule has 0 unspecified atom stereocenters. The van der Waals surface area contributed by atoms with Gasteiger partial charge in [0.25, 0.3) is 11.8 Å². The average molecular weight is 344 g/mol. The van der Waals surface area contributed by atoms with Gasteiger partial charge in [-0.15, -0.1) is 6.58 Å². The van der Waals surface area contributed by atoms with E-state index in [0.29, 0.717) is 30.1 Å². The first-order chi connectivity index (χ1) is 11.6. The van der Waals surface area contributed by atoms with Crippen LogP contribution in [0.25, 0.3) is 0 Å². The minimum Gasteiger partial charge on any atom is -0.350 e. The molecule has 0 aliphatic heterocycles. The number of carbonyl (C=O) groups is 2. The summed E-state index contributed by atoms with van der Waals surface area (Å²) in [6.45, 7) is 4.37. The van der Waals surface area contributed by atoms with Gasteiger partial charge in [0, 0.05) is 29.9 Å². The summed E-state index contributed by atoms with van der Waals surface area (Å²) in [6.07, 6.45) is 3.71. The van der Waals surface area contributed by atoms with E-state index in [1.807, 2.05) is 24.3 Å². The Bertz CT molecular complexity index is 729. The van der Waals surface area contributed by atoms with Gasteiger partial charge in [0.05, 0.1) is 0 Å². The predicted octanol–water partition coefficient (Wildman–Crippen LogP) is 2.62. The van der Waals surface area contributed by atoms with Crippen LogP contribution in [-0.2, 0) is 6.42 Å². The van der Waals surface area contributed by atoms with Gasteiger partial charge in [0.1, 0.15) is 5.69 Å². The highest BCUT2D eigenvalue weighted by molar-refractivity contribution is 6.30. The smallest absolute Gasteiger partial charge is 0.269 e. The van der Waals surface area contributed by atoms with Crippen LogP contribution in [0.2, 0.25) is 5.02 Å². The molecule has 0 saturated carbocycles. The molecule has 0 fully saturated rings. The van der Waals surface area contributed by atoms with E-state index in [0.717, 1.165) is 5.56 Å². The molecule has 6 heteroatoms. The minimum absolute atomic E-state index is 0.206. The molecule has 0 aliphatic carbocycles. The number of pyridine rings is 1. The Morgan fingerprint density at radius 2 is 1.88 bits per heavy atom. The fraction of sp³-hybridized carbons (Fsp3) is 0.167. The second kappa shape index (κ2) is 8.84. The summed E-state index contributed by atoms with van der Waals surface area (Å²) < 4.78 is 0. The number of nitrogens with zero attached hydrogens (tertiary/aromatic N) is 1. The van der Waals surface area contributed by atoms with Crippen molar-refractivity contribution in [1.82, 2.24) is 15.6 Å². The molecule has 0 spiro atoms. The molecular formula is C18H18ClN3O2. The van der Waals surface area contributed by atoms with E-state index >= 15 is 0 Å². The summed E-state index contributed by atoms with van der Waals surface area (Å²) in [5.74, 6) is -0.588.